The molecule has 7 heteroatoms. The molecule has 0 aromatic heterocycles. The van der Waals surface area contributed by atoms with Crippen LogP contribution in [0.15, 0.2) is 24.3 Å². The molecular weight excluding hydrogens is 356 g/mol. The zero-order valence-corrected chi connectivity index (χ0v) is 16.8. The Labute approximate surface area is 160 Å². The molecule has 2 unspecified atom stereocenters. The summed E-state index contributed by atoms with van der Waals surface area (Å²) in [6.45, 7) is 9.88. The number of hydrogen-bond donors (Lipinski definition) is 2. The van der Waals surface area contributed by atoms with Gasteiger partial charge < -0.3 is 20.1 Å². The molecule has 0 fully saturated rings. The average molecular weight is 385 g/mol. The van der Waals surface area contributed by atoms with Crippen molar-refractivity contribution in [1.82, 2.24) is 10.6 Å². The lowest BCUT2D eigenvalue weighted by molar-refractivity contribution is -0.125. The maximum atomic E-state index is 12.4. The second-order valence-electron chi connectivity index (χ2n) is 6.87. The minimum Gasteiger partial charge on any atom is -0.447 e. The highest BCUT2D eigenvalue weighted by Gasteiger charge is 2.26. The summed E-state index contributed by atoms with van der Waals surface area (Å²) >= 11 is 5.85. The van der Waals surface area contributed by atoms with Crippen molar-refractivity contribution in [3.8, 4) is 0 Å². The third-order valence-corrected chi connectivity index (χ3v) is 3.76. The molecule has 6 nitrogen and oxygen atoms in total. The summed E-state index contributed by atoms with van der Waals surface area (Å²) < 4.78 is 10.7. The smallest absolute Gasteiger partial charge is 0.408 e. The number of nitrogens with one attached hydrogen (secondary N) is 2. The quantitative estimate of drug-likeness (QED) is 0.682. The lowest BCUT2D eigenvalue weighted by Crippen LogP contribution is -2.52. The summed E-state index contributed by atoms with van der Waals surface area (Å²) in [6, 6.07) is 6.54. The van der Waals surface area contributed by atoms with Crippen LogP contribution >= 0.6 is 11.6 Å². The molecule has 146 valence electrons. The first kappa shape index (κ1) is 22.3. The first-order chi connectivity index (χ1) is 12.2. The highest BCUT2D eigenvalue weighted by atomic mass is 35.5. The minimum atomic E-state index is -0.667. The predicted octanol–water partition coefficient (Wildman–Crippen LogP) is 3.52. The Balaban J connectivity index is 2.43. The summed E-state index contributed by atoms with van der Waals surface area (Å²) in [7, 11) is 0. The van der Waals surface area contributed by atoms with Crippen LogP contribution in [0, 0.1) is 5.92 Å². The van der Waals surface area contributed by atoms with E-state index in [9.17, 15) is 9.59 Å². The molecular formula is C19H29ClN2O4. The van der Waals surface area contributed by atoms with Crippen LogP contribution in [0.2, 0.25) is 5.02 Å². The number of hydrogen-bond acceptors (Lipinski definition) is 4. The molecule has 26 heavy (non-hydrogen) atoms. The van der Waals surface area contributed by atoms with Gasteiger partial charge in [-0.15, -0.1) is 0 Å². The minimum absolute atomic E-state index is 0.0723. The Morgan fingerprint density at radius 3 is 2.19 bits per heavy atom. The van der Waals surface area contributed by atoms with E-state index in [1.807, 2.05) is 32.9 Å². The van der Waals surface area contributed by atoms with Gasteiger partial charge >= 0.3 is 6.09 Å². The second-order valence-corrected chi connectivity index (χ2v) is 7.31. The van der Waals surface area contributed by atoms with E-state index in [-0.39, 0.29) is 24.0 Å². The Bertz CT molecular complexity index is 575. The Kier molecular flexibility index (Phi) is 9.44. The SMILES string of the molecule is CC(COCc1ccc(Cl)cc1)NC(=O)C(NC(=O)OC(C)C)C(C)C. The van der Waals surface area contributed by atoms with Crippen molar-refractivity contribution >= 4 is 23.6 Å². The van der Waals surface area contributed by atoms with Crippen molar-refractivity contribution in [3.05, 3.63) is 34.9 Å². The van der Waals surface area contributed by atoms with Crippen LogP contribution in [0.1, 0.15) is 40.2 Å². The predicted molar refractivity (Wildman–Crippen MR) is 102 cm³/mol. The Morgan fingerprint density at radius 2 is 1.65 bits per heavy atom. The van der Waals surface area contributed by atoms with Gasteiger partial charge in [-0.2, -0.15) is 0 Å². The lowest BCUT2D eigenvalue weighted by Gasteiger charge is -2.24. The molecule has 2 atom stereocenters. The lowest BCUT2D eigenvalue weighted by atomic mass is 10.0. The molecule has 1 rings (SSSR count). The van der Waals surface area contributed by atoms with Gasteiger partial charge in [0.15, 0.2) is 0 Å². The number of amides is 2. The first-order valence-electron chi connectivity index (χ1n) is 8.78. The second kappa shape index (κ2) is 11.0. The number of alkyl carbamates (subject to hydrolysis) is 1. The van der Waals surface area contributed by atoms with Gasteiger partial charge in [0.1, 0.15) is 6.04 Å². The number of carbonyl (C=O) groups excluding carboxylic acids is 2. The maximum absolute atomic E-state index is 12.4. The Morgan fingerprint density at radius 1 is 1.04 bits per heavy atom. The summed E-state index contributed by atoms with van der Waals surface area (Å²) in [6.07, 6.45) is -0.841. The fourth-order valence-electron chi connectivity index (χ4n) is 2.22. The van der Waals surface area contributed by atoms with Gasteiger partial charge in [-0.05, 0) is 44.4 Å². The van der Waals surface area contributed by atoms with E-state index in [2.05, 4.69) is 10.6 Å². The zero-order valence-electron chi connectivity index (χ0n) is 16.0. The van der Waals surface area contributed by atoms with E-state index in [1.165, 1.54) is 0 Å². The number of ether oxygens (including phenoxy) is 2. The molecule has 0 aliphatic carbocycles. The van der Waals surface area contributed by atoms with E-state index < -0.39 is 12.1 Å². The molecule has 0 heterocycles. The fraction of sp³-hybridized carbons (Fsp3) is 0.579. The molecule has 0 saturated carbocycles. The van der Waals surface area contributed by atoms with Crippen molar-refractivity contribution in [2.24, 2.45) is 5.92 Å². The summed E-state index contributed by atoms with van der Waals surface area (Å²) in [5.41, 5.74) is 1.01. The molecule has 1 aromatic carbocycles. The van der Waals surface area contributed by atoms with Crippen LogP contribution in [0.4, 0.5) is 4.79 Å². The highest BCUT2D eigenvalue weighted by molar-refractivity contribution is 6.30. The van der Waals surface area contributed by atoms with Gasteiger partial charge in [0.25, 0.3) is 0 Å². The third kappa shape index (κ3) is 8.54. The van der Waals surface area contributed by atoms with Crippen LogP contribution in [-0.4, -0.2) is 36.8 Å². The molecule has 0 saturated heterocycles. The van der Waals surface area contributed by atoms with Crippen LogP contribution in [0.3, 0.4) is 0 Å². The number of carbonyl (C=O) groups is 2. The topological polar surface area (TPSA) is 76.7 Å². The van der Waals surface area contributed by atoms with Gasteiger partial charge in [0.05, 0.1) is 19.3 Å². The third-order valence-electron chi connectivity index (χ3n) is 3.50. The Hall–Kier alpha value is -1.79. The number of rotatable bonds is 9. The van der Waals surface area contributed by atoms with Gasteiger partial charge in [-0.25, -0.2) is 4.79 Å². The zero-order chi connectivity index (χ0) is 19.7. The van der Waals surface area contributed by atoms with Crippen LogP contribution in [-0.2, 0) is 20.9 Å². The maximum Gasteiger partial charge on any atom is 0.408 e. The van der Waals surface area contributed by atoms with Crippen molar-refractivity contribution in [1.29, 1.82) is 0 Å². The van der Waals surface area contributed by atoms with E-state index in [4.69, 9.17) is 21.1 Å². The van der Waals surface area contributed by atoms with Gasteiger partial charge in [-0.1, -0.05) is 37.6 Å². The summed E-state index contributed by atoms with van der Waals surface area (Å²) in [5.74, 6) is -0.333. The average Bonchev–Trinajstić information content (AvgIpc) is 2.53. The monoisotopic (exact) mass is 384 g/mol. The normalized spacial score (nSPS) is 13.4. The van der Waals surface area contributed by atoms with Crippen molar-refractivity contribution < 1.29 is 19.1 Å². The van der Waals surface area contributed by atoms with Crippen LogP contribution in [0.5, 0.6) is 0 Å². The fourth-order valence-corrected chi connectivity index (χ4v) is 2.34. The van der Waals surface area contributed by atoms with E-state index in [0.717, 1.165) is 5.56 Å². The molecule has 2 amide bonds. The van der Waals surface area contributed by atoms with E-state index in [0.29, 0.717) is 18.2 Å². The molecule has 0 aliphatic heterocycles. The summed E-state index contributed by atoms with van der Waals surface area (Å²) in [5, 5.41) is 6.15. The molecule has 0 spiro atoms. The standard InChI is InChI=1S/C19H29ClN2O4/c1-12(2)17(22-19(24)26-13(3)4)18(23)21-14(5)10-25-11-15-6-8-16(20)9-7-15/h6-9,12-14,17H,10-11H2,1-5H3,(H,21,23)(H,22,24). The van der Waals surface area contributed by atoms with Crippen LogP contribution in [0.25, 0.3) is 0 Å². The molecule has 0 aliphatic rings. The highest BCUT2D eigenvalue weighted by Crippen LogP contribution is 2.10. The van der Waals surface area contributed by atoms with Crippen LogP contribution < -0.4 is 10.6 Å². The molecule has 2 N–H and O–H groups in total. The largest absolute Gasteiger partial charge is 0.447 e. The van der Waals surface area contributed by atoms with Crippen molar-refractivity contribution in [2.75, 3.05) is 6.61 Å². The molecule has 0 bridgehead atoms. The molecule has 1 aromatic rings. The van der Waals surface area contributed by atoms with Crippen molar-refractivity contribution in [3.63, 3.8) is 0 Å². The summed E-state index contributed by atoms with van der Waals surface area (Å²) in [4.78, 5) is 24.2. The number of benzene rings is 1. The van der Waals surface area contributed by atoms with Gasteiger partial charge in [0, 0.05) is 11.1 Å². The number of halogens is 1. The van der Waals surface area contributed by atoms with E-state index in [1.54, 1.807) is 26.0 Å². The first-order valence-corrected chi connectivity index (χ1v) is 9.16. The van der Waals surface area contributed by atoms with E-state index >= 15 is 0 Å². The molecule has 0 radical (unpaired) electrons. The van der Waals surface area contributed by atoms with Gasteiger partial charge in [-0.3, -0.25) is 4.79 Å². The van der Waals surface area contributed by atoms with Gasteiger partial charge in [0.2, 0.25) is 5.91 Å². The van der Waals surface area contributed by atoms with Crippen molar-refractivity contribution in [2.45, 2.75) is 59.4 Å².